The van der Waals surface area contributed by atoms with Crippen LogP contribution < -0.4 is 0 Å². The van der Waals surface area contributed by atoms with Crippen molar-refractivity contribution in [3.63, 3.8) is 0 Å². The van der Waals surface area contributed by atoms with Crippen LogP contribution in [0.15, 0.2) is 12.1 Å². The maximum absolute atomic E-state index is 11.5. The summed E-state index contributed by atoms with van der Waals surface area (Å²) in [5.74, 6) is -0.852. The number of hydrogen-bond donors (Lipinski definition) is 1. The van der Waals surface area contributed by atoms with Crippen molar-refractivity contribution >= 4 is 5.97 Å². The van der Waals surface area contributed by atoms with Gasteiger partial charge in [0.1, 0.15) is 5.41 Å². The average molecular weight is 236 g/mol. The number of aliphatic carboxylic acids is 1. The highest BCUT2D eigenvalue weighted by atomic mass is 16.5. The summed E-state index contributed by atoms with van der Waals surface area (Å²) in [5.41, 5.74) is 3.02. The molecule has 1 aromatic carbocycles. The molecular weight excluding hydrogens is 216 g/mol. The predicted octanol–water partition coefficient (Wildman–Crippen LogP) is 2.60. The SMILES string of the molecule is COCC(C)(C(=O)O)c1c(C)cc(C)cc1C. The van der Waals surface area contributed by atoms with Crippen LogP contribution in [0.3, 0.4) is 0 Å². The minimum Gasteiger partial charge on any atom is -0.481 e. The quantitative estimate of drug-likeness (QED) is 0.874. The Balaban J connectivity index is 3.43. The standard InChI is InChI=1S/C14H20O3/c1-9-6-10(2)12(11(3)7-9)14(4,8-17-5)13(15)16/h6-7H,8H2,1-5H3,(H,15,16). The van der Waals surface area contributed by atoms with Gasteiger partial charge in [-0.25, -0.2) is 0 Å². The van der Waals surface area contributed by atoms with Crippen molar-refractivity contribution < 1.29 is 14.6 Å². The molecule has 1 unspecified atom stereocenters. The van der Waals surface area contributed by atoms with Crippen LogP contribution in [0, 0.1) is 20.8 Å². The maximum atomic E-state index is 11.5. The fourth-order valence-electron chi connectivity index (χ4n) is 2.58. The third-order valence-corrected chi connectivity index (χ3v) is 3.13. The van der Waals surface area contributed by atoms with Crippen molar-refractivity contribution in [2.75, 3.05) is 13.7 Å². The minimum absolute atomic E-state index is 0.174. The summed E-state index contributed by atoms with van der Waals surface area (Å²) in [5, 5.41) is 9.46. The number of rotatable bonds is 4. The Bertz CT molecular complexity index is 414. The van der Waals surface area contributed by atoms with Gasteiger partial charge < -0.3 is 9.84 Å². The Morgan fingerprint density at radius 3 is 2.12 bits per heavy atom. The fraction of sp³-hybridized carbons (Fsp3) is 0.500. The van der Waals surface area contributed by atoms with Crippen LogP contribution in [-0.4, -0.2) is 24.8 Å². The Morgan fingerprint density at radius 1 is 1.29 bits per heavy atom. The fourth-order valence-corrected chi connectivity index (χ4v) is 2.58. The highest BCUT2D eigenvalue weighted by molar-refractivity contribution is 5.82. The molecule has 0 aliphatic heterocycles. The zero-order valence-electron chi connectivity index (χ0n) is 11.1. The molecule has 1 N–H and O–H groups in total. The van der Waals surface area contributed by atoms with Crippen LogP contribution in [0.1, 0.15) is 29.2 Å². The minimum atomic E-state index is -0.989. The molecule has 0 radical (unpaired) electrons. The summed E-state index contributed by atoms with van der Waals surface area (Å²) in [6, 6.07) is 4.03. The second-order valence-corrected chi connectivity index (χ2v) is 4.84. The lowest BCUT2D eigenvalue weighted by molar-refractivity contribution is -0.145. The topological polar surface area (TPSA) is 46.5 Å². The van der Waals surface area contributed by atoms with Gasteiger partial charge in [0.05, 0.1) is 6.61 Å². The number of carbonyl (C=O) groups is 1. The molecule has 0 fully saturated rings. The first-order chi connectivity index (χ1) is 7.82. The first-order valence-corrected chi connectivity index (χ1v) is 5.63. The number of ether oxygens (including phenoxy) is 1. The molecule has 94 valence electrons. The van der Waals surface area contributed by atoms with Crippen LogP contribution in [0.2, 0.25) is 0 Å². The van der Waals surface area contributed by atoms with E-state index in [1.165, 1.54) is 7.11 Å². The third kappa shape index (κ3) is 2.50. The van der Waals surface area contributed by atoms with Gasteiger partial charge in [-0.1, -0.05) is 17.7 Å². The summed E-state index contributed by atoms with van der Waals surface area (Å²) in [7, 11) is 1.53. The number of hydrogen-bond acceptors (Lipinski definition) is 2. The van der Waals surface area contributed by atoms with Gasteiger partial charge in [0.15, 0.2) is 0 Å². The average Bonchev–Trinajstić information content (AvgIpc) is 2.15. The molecule has 1 aromatic rings. The summed E-state index contributed by atoms with van der Waals surface area (Å²) in [6.07, 6.45) is 0. The first kappa shape index (κ1) is 13.7. The largest absolute Gasteiger partial charge is 0.481 e. The Kier molecular flexibility index (Phi) is 3.94. The van der Waals surface area contributed by atoms with E-state index in [0.717, 1.165) is 22.3 Å². The van der Waals surface area contributed by atoms with E-state index in [0.29, 0.717) is 0 Å². The van der Waals surface area contributed by atoms with E-state index in [1.54, 1.807) is 6.92 Å². The van der Waals surface area contributed by atoms with Crippen LogP contribution in [0.25, 0.3) is 0 Å². The number of carboxylic acids is 1. The number of carboxylic acid groups (broad SMARTS) is 1. The molecule has 0 bridgehead atoms. The van der Waals surface area contributed by atoms with Crippen LogP contribution in [-0.2, 0) is 14.9 Å². The van der Waals surface area contributed by atoms with E-state index in [9.17, 15) is 9.90 Å². The molecule has 0 aromatic heterocycles. The van der Waals surface area contributed by atoms with E-state index in [1.807, 2.05) is 32.9 Å². The molecule has 0 saturated carbocycles. The summed E-state index contributed by atoms with van der Waals surface area (Å²) in [6.45, 7) is 7.80. The Labute approximate surface area is 102 Å². The van der Waals surface area contributed by atoms with Gasteiger partial charge in [-0.05, 0) is 44.4 Å². The lowest BCUT2D eigenvalue weighted by Gasteiger charge is -2.28. The monoisotopic (exact) mass is 236 g/mol. The highest BCUT2D eigenvalue weighted by Gasteiger charge is 2.37. The normalized spacial score (nSPS) is 14.4. The lowest BCUT2D eigenvalue weighted by Crippen LogP contribution is -2.38. The molecule has 0 spiro atoms. The van der Waals surface area contributed by atoms with Gasteiger partial charge in [0, 0.05) is 7.11 Å². The molecule has 0 saturated heterocycles. The number of aryl methyl sites for hydroxylation is 3. The summed E-state index contributed by atoms with van der Waals surface area (Å²) >= 11 is 0. The molecular formula is C14H20O3. The molecule has 1 rings (SSSR count). The van der Waals surface area contributed by atoms with Gasteiger partial charge >= 0.3 is 5.97 Å². The molecule has 0 amide bonds. The van der Waals surface area contributed by atoms with Crippen molar-refractivity contribution in [1.82, 2.24) is 0 Å². The zero-order valence-corrected chi connectivity index (χ0v) is 11.1. The Hall–Kier alpha value is -1.35. The van der Waals surface area contributed by atoms with Crippen molar-refractivity contribution in [3.8, 4) is 0 Å². The second kappa shape index (κ2) is 4.88. The van der Waals surface area contributed by atoms with Gasteiger partial charge in [-0.3, -0.25) is 4.79 Å². The summed E-state index contributed by atoms with van der Waals surface area (Å²) < 4.78 is 5.08. The second-order valence-electron chi connectivity index (χ2n) is 4.84. The first-order valence-electron chi connectivity index (χ1n) is 5.63. The van der Waals surface area contributed by atoms with Crippen molar-refractivity contribution in [1.29, 1.82) is 0 Å². The van der Waals surface area contributed by atoms with Crippen LogP contribution >= 0.6 is 0 Å². The maximum Gasteiger partial charge on any atom is 0.316 e. The van der Waals surface area contributed by atoms with Gasteiger partial charge in [-0.15, -0.1) is 0 Å². The van der Waals surface area contributed by atoms with Crippen molar-refractivity contribution in [3.05, 3.63) is 34.4 Å². The van der Waals surface area contributed by atoms with E-state index in [4.69, 9.17) is 4.74 Å². The van der Waals surface area contributed by atoms with Gasteiger partial charge in [0.25, 0.3) is 0 Å². The molecule has 3 nitrogen and oxygen atoms in total. The Morgan fingerprint density at radius 2 is 1.76 bits per heavy atom. The van der Waals surface area contributed by atoms with Crippen molar-refractivity contribution in [2.45, 2.75) is 33.1 Å². The number of methoxy groups -OCH3 is 1. The van der Waals surface area contributed by atoms with Crippen LogP contribution in [0.5, 0.6) is 0 Å². The predicted molar refractivity (Wildman–Crippen MR) is 67.5 cm³/mol. The van der Waals surface area contributed by atoms with E-state index >= 15 is 0 Å². The molecule has 0 heterocycles. The molecule has 0 aliphatic rings. The number of benzene rings is 1. The lowest BCUT2D eigenvalue weighted by atomic mass is 9.78. The van der Waals surface area contributed by atoms with Crippen LogP contribution in [0.4, 0.5) is 0 Å². The van der Waals surface area contributed by atoms with Crippen molar-refractivity contribution in [2.24, 2.45) is 0 Å². The van der Waals surface area contributed by atoms with E-state index in [-0.39, 0.29) is 6.61 Å². The third-order valence-electron chi connectivity index (χ3n) is 3.13. The van der Waals surface area contributed by atoms with E-state index < -0.39 is 11.4 Å². The zero-order chi connectivity index (χ0) is 13.2. The molecule has 0 aliphatic carbocycles. The smallest absolute Gasteiger partial charge is 0.316 e. The molecule has 17 heavy (non-hydrogen) atoms. The molecule has 1 atom stereocenters. The highest BCUT2D eigenvalue weighted by Crippen LogP contribution is 2.31. The van der Waals surface area contributed by atoms with Gasteiger partial charge in [-0.2, -0.15) is 0 Å². The van der Waals surface area contributed by atoms with Gasteiger partial charge in [0.2, 0.25) is 0 Å². The van der Waals surface area contributed by atoms with E-state index in [2.05, 4.69) is 0 Å². The molecule has 3 heteroatoms. The summed E-state index contributed by atoms with van der Waals surface area (Å²) in [4.78, 5) is 11.5.